The minimum absolute atomic E-state index is 0.749. The number of para-hydroxylation sites is 1. The summed E-state index contributed by atoms with van der Waals surface area (Å²) in [5.41, 5.74) is 4.23. The number of hydrogen-bond donors (Lipinski definition) is 1. The average molecular weight is 255 g/mol. The molecule has 0 saturated heterocycles. The molecule has 1 aliphatic rings. The van der Waals surface area contributed by atoms with Crippen molar-refractivity contribution >= 4 is 29.4 Å². The number of carbonyl (C=O) groups is 1. The van der Waals surface area contributed by atoms with E-state index >= 15 is 0 Å². The van der Waals surface area contributed by atoms with Crippen LogP contribution in [0.3, 0.4) is 0 Å². The summed E-state index contributed by atoms with van der Waals surface area (Å²) in [7, 11) is 0. The van der Waals surface area contributed by atoms with Crippen molar-refractivity contribution in [1.82, 2.24) is 0 Å². The van der Waals surface area contributed by atoms with Gasteiger partial charge in [0.15, 0.2) is 0 Å². The van der Waals surface area contributed by atoms with Crippen molar-refractivity contribution in [1.29, 1.82) is 0 Å². The Balaban J connectivity index is 2.14. The minimum Gasteiger partial charge on any atom is -0.353 e. The van der Waals surface area contributed by atoms with Crippen LogP contribution in [-0.4, -0.2) is 6.29 Å². The van der Waals surface area contributed by atoms with E-state index < -0.39 is 0 Å². The van der Waals surface area contributed by atoms with Crippen LogP contribution in [0.1, 0.15) is 22.8 Å². The van der Waals surface area contributed by atoms with Crippen LogP contribution in [0.15, 0.2) is 46.2 Å². The molecule has 0 radical (unpaired) electrons. The van der Waals surface area contributed by atoms with Crippen molar-refractivity contribution in [2.24, 2.45) is 0 Å². The average Bonchev–Trinajstić information content (AvgIpc) is 2.43. The van der Waals surface area contributed by atoms with Gasteiger partial charge in [-0.3, -0.25) is 4.79 Å². The summed E-state index contributed by atoms with van der Waals surface area (Å²) in [4.78, 5) is 13.3. The number of rotatable bonds is 2. The fourth-order valence-electron chi connectivity index (χ4n) is 2.18. The largest absolute Gasteiger partial charge is 0.353 e. The summed E-state index contributed by atoms with van der Waals surface area (Å²) in [6, 6.07) is 12.2. The maximum atomic E-state index is 11.0. The first-order chi connectivity index (χ1) is 8.81. The van der Waals surface area contributed by atoms with Gasteiger partial charge in [0.1, 0.15) is 6.29 Å². The lowest BCUT2D eigenvalue weighted by Gasteiger charge is -2.23. The Morgan fingerprint density at radius 1 is 1.22 bits per heavy atom. The SMILES string of the molecule is CCc1cc(C=O)cc2c1Nc1ccccc1S2. The molecular formula is C15H13NOS. The van der Waals surface area contributed by atoms with E-state index in [1.165, 1.54) is 10.5 Å². The topological polar surface area (TPSA) is 29.1 Å². The van der Waals surface area contributed by atoms with Gasteiger partial charge in [0, 0.05) is 15.4 Å². The molecule has 0 saturated carbocycles. The molecule has 0 aliphatic carbocycles. The molecule has 1 aliphatic heterocycles. The van der Waals surface area contributed by atoms with Crippen molar-refractivity contribution in [3.63, 3.8) is 0 Å². The second-order valence-corrected chi connectivity index (χ2v) is 5.33. The van der Waals surface area contributed by atoms with Crippen LogP contribution in [0.25, 0.3) is 0 Å². The first-order valence-electron chi connectivity index (χ1n) is 5.98. The summed E-state index contributed by atoms with van der Waals surface area (Å²) in [6.07, 6.45) is 1.83. The molecule has 0 spiro atoms. The van der Waals surface area contributed by atoms with Gasteiger partial charge >= 0.3 is 0 Å². The third kappa shape index (κ3) is 1.81. The normalized spacial score (nSPS) is 12.3. The summed E-state index contributed by atoms with van der Waals surface area (Å²) in [5, 5.41) is 3.47. The van der Waals surface area contributed by atoms with Gasteiger partial charge in [0.2, 0.25) is 0 Å². The first-order valence-corrected chi connectivity index (χ1v) is 6.79. The number of aryl methyl sites for hydroxylation is 1. The first kappa shape index (κ1) is 11.4. The predicted molar refractivity (Wildman–Crippen MR) is 75.1 cm³/mol. The fourth-order valence-corrected chi connectivity index (χ4v) is 3.27. The van der Waals surface area contributed by atoms with E-state index in [0.29, 0.717) is 0 Å². The Morgan fingerprint density at radius 3 is 2.83 bits per heavy atom. The Kier molecular flexibility index (Phi) is 2.84. The molecule has 1 heterocycles. The molecule has 2 nitrogen and oxygen atoms in total. The number of nitrogens with one attached hydrogen (secondary N) is 1. The molecule has 0 aromatic heterocycles. The highest BCUT2D eigenvalue weighted by atomic mass is 32.2. The summed E-state index contributed by atoms with van der Waals surface area (Å²) < 4.78 is 0. The molecule has 2 aromatic carbocycles. The van der Waals surface area contributed by atoms with Gasteiger partial charge in [0.25, 0.3) is 0 Å². The lowest BCUT2D eigenvalue weighted by Crippen LogP contribution is -2.04. The van der Waals surface area contributed by atoms with E-state index in [0.717, 1.165) is 34.5 Å². The highest BCUT2D eigenvalue weighted by Crippen LogP contribution is 2.45. The molecule has 18 heavy (non-hydrogen) atoms. The molecule has 0 unspecified atom stereocenters. The van der Waals surface area contributed by atoms with Crippen LogP contribution in [0.4, 0.5) is 11.4 Å². The third-order valence-electron chi connectivity index (χ3n) is 3.09. The summed E-state index contributed by atoms with van der Waals surface area (Å²) >= 11 is 1.72. The van der Waals surface area contributed by atoms with Gasteiger partial charge in [-0.2, -0.15) is 0 Å². The van der Waals surface area contributed by atoms with E-state index in [9.17, 15) is 4.79 Å². The molecule has 90 valence electrons. The smallest absolute Gasteiger partial charge is 0.150 e. The highest BCUT2D eigenvalue weighted by molar-refractivity contribution is 7.99. The van der Waals surface area contributed by atoms with Gasteiger partial charge in [0.05, 0.1) is 11.4 Å². The second-order valence-electron chi connectivity index (χ2n) is 4.25. The molecule has 2 aromatic rings. The quantitative estimate of drug-likeness (QED) is 0.693. The van der Waals surface area contributed by atoms with Gasteiger partial charge in [-0.05, 0) is 36.2 Å². The van der Waals surface area contributed by atoms with E-state index in [-0.39, 0.29) is 0 Å². The van der Waals surface area contributed by atoms with Gasteiger partial charge in [-0.15, -0.1) is 0 Å². The zero-order chi connectivity index (χ0) is 12.5. The molecular weight excluding hydrogens is 242 g/mol. The van der Waals surface area contributed by atoms with Crippen molar-refractivity contribution in [3.05, 3.63) is 47.5 Å². The highest BCUT2D eigenvalue weighted by Gasteiger charge is 2.18. The Morgan fingerprint density at radius 2 is 2.06 bits per heavy atom. The molecule has 0 fully saturated rings. The zero-order valence-electron chi connectivity index (χ0n) is 10.1. The van der Waals surface area contributed by atoms with Gasteiger partial charge < -0.3 is 5.32 Å². The minimum atomic E-state index is 0.749. The molecule has 0 bridgehead atoms. The maximum absolute atomic E-state index is 11.0. The molecule has 1 N–H and O–H groups in total. The van der Waals surface area contributed by atoms with E-state index in [4.69, 9.17) is 0 Å². The predicted octanol–water partition coefficient (Wildman–Crippen LogP) is 4.27. The lowest BCUT2D eigenvalue weighted by atomic mass is 10.1. The standard InChI is InChI=1S/C15H13NOS/c1-2-11-7-10(9-17)8-14-15(11)16-12-5-3-4-6-13(12)18-14/h3-9,16H,2H2,1H3. The van der Waals surface area contributed by atoms with Crippen LogP contribution >= 0.6 is 11.8 Å². The Bertz CT molecular complexity index is 622. The van der Waals surface area contributed by atoms with Crippen molar-refractivity contribution in [2.75, 3.05) is 5.32 Å². The lowest BCUT2D eigenvalue weighted by molar-refractivity contribution is 0.112. The van der Waals surface area contributed by atoms with Crippen LogP contribution in [0, 0.1) is 0 Å². The number of aldehydes is 1. The van der Waals surface area contributed by atoms with Gasteiger partial charge in [-0.1, -0.05) is 30.8 Å². The van der Waals surface area contributed by atoms with Crippen LogP contribution in [-0.2, 0) is 6.42 Å². The summed E-state index contributed by atoms with van der Waals surface area (Å²) in [5.74, 6) is 0. The Labute approximate surface area is 110 Å². The van der Waals surface area contributed by atoms with Crippen LogP contribution < -0.4 is 5.32 Å². The summed E-state index contributed by atoms with van der Waals surface area (Å²) in [6.45, 7) is 2.11. The fraction of sp³-hybridized carbons (Fsp3) is 0.133. The van der Waals surface area contributed by atoms with Crippen molar-refractivity contribution < 1.29 is 4.79 Å². The molecule has 0 amide bonds. The number of anilines is 2. The molecule has 0 atom stereocenters. The second kappa shape index (κ2) is 4.50. The van der Waals surface area contributed by atoms with E-state index in [2.05, 4.69) is 24.4 Å². The molecule has 3 rings (SSSR count). The number of carbonyl (C=O) groups excluding carboxylic acids is 1. The van der Waals surface area contributed by atoms with E-state index in [1.54, 1.807) is 11.8 Å². The Hall–Kier alpha value is -1.74. The van der Waals surface area contributed by atoms with Crippen LogP contribution in [0.2, 0.25) is 0 Å². The van der Waals surface area contributed by atoms with Crippen LogP contribution in [0.5, 0.6) is 0 Å². The van der Waals surface area contributed by atoms with E-state index in [1.807, 2.05) is 24.3 Å². The van der Waals surface area contributed by atoms with Gasteiger partial charge in [-0.25, -0.2) is 0 Å². The number of fused-ring (bicyclic) bond motifs is 2. The molecule has 3 heteroatoms. The zero-order valence-corrected chi connectivity index (χ0v) is 10.9. The van der Waals surface area contributed by atoms with Crippen molar-refractivity contribution in [3.8, 4) is 0 Å². The maximum Gasteiger partial charge on any atom is 0.150 e. The number of benzene rings is 2. The monoisotopic (exact) mass is 255 g/mol. The number of hydrogen-bond acceptors (Lipinski definition) is 3. The third-order valence-corrected chi connectivity index (χ3v) is 4.21. The van der Waals surface area contributed by atoms with Crippen molar-refractivity contribution in [2.45, 2.75) is 23.1 Å².